The molecular weight excluding hydrogens is 270 g/mol. The van der Waals surface area contributed by atoms with Crippen LogP contribution < -0.4 is 0 Å². The van der Waals surface area contributed by atoms with Gasteiger partial charge in [-0.1, -0.05) is 42.5 Å². The minimum atomic E-state index is -0.864. The lowest BCUT2D eigenvalue weighted by Crippen LogP contribution is -2.19. The number of carboxylic acids is 1. The first-order valence-electron chi connectivity index (χ1n) is 6.56. The molecule has 1 N–H and O–H groups in total. The molecule has 0 radical (unpaired) electrons. The van der Waals surface area contributed by atoms with E-state index in [2.05, 4.69) is 0 Å². The van der Waals surface area contributed by atoms with E-state index < -0.39 is 16.8 Å². The van der Waals surface area contributed by atoms with Crippen LogP contribution in [0.25, 0.3) is 0 Å². The second-order valence-corrected chi connectivity index (χ2v) is 4.85. The van der Waals surface area contributed by atoms with Gasteiger partial charge in [0.05, 0.1) is 10.8 Å². The molecule has 0 amide bonds. The number of hydrogen-bond donors (Lipinski definition) is 1. The van der Waals surface area contributed by atoms with Gasteiger partial charge in [-0.25, -0.2) is 0 Å². The molecule has 108 valence electrons. The second kappa shape index (κ2) is 6.65. The highest BCUT2D eigenvalue weighted by molar-refractivity contribution is 5.71. The fourth-order valence-electron chi connectivity index (χ4n) is 2.18. The molecule has 0 aliphatic heterocycles. The van der Waals surface area contributed by atoms with E-state index >= 15 is 0 Å². The highest BCUT2D eigenvalue weighted by Crippen LogP contribution is 2.18. The Kier molecular flexibility index (Phi) is 4.66. The van der Waals surface area contributed by atoms with Crippen LogP contribution in [0, 0.1) is 16.0 Å². The van der Waals surface area contributed by atoms with Gasteiger partial charge in [0, 0.05) is 12.1 Å². The molecule has 2 rings (SSSR count). The number of nitrogens with zero attached hydrogens (tertiary/aromatic N) is 1. The van der Waals surface area contributed by atoms with E-state index in [1.165, 1.54) is 12.1 Å². The number of carboxylic acid groups (broad SMARTS) is 1. The van der Waals surface area contributed by atoms with Crippen molar-refractivity contribution < 1.29 is 14.8 Å². The number of nitro benzene ring substituents is 1. The van der Waals surface area contributed by atoms with Crippen molar-refractivity contribution in [2.24, 2.45) is 5.92 Å². The first-order valence-corrected chi connectivity index (χ1v) is 6.56. The third-order valence-electron chi connectivity index (χ3n) is 3.30. The normalized spacial score (nSPS) is 11.8. The zero-order valence-electron chi connectivity index (χ0n) is 11.3. The monoisotopic (exact) mass is 285 g/mol. The van der Waals surface area contributed by atoms with Crippen molar-refractivity contribution in [3.8, 4) is 0 Å². The van der Waals surface area contributed by atoms with Crippen LogP contribution in [-0.4, -0.2) is 16.0 Å². The molecule has 21 heavy (non-hydrogen) atoms. The summed E-state index contributed by atoms with van der Waals surface area (Å²) < 4.78 is 0. The van der Waals surface area contributed by atoms with Crippen molar-refractivity contribution in [3.05, 3.63) is 75.8 Å². The molecule has 0 saturated carbocycles. The van der Waals surface area contributed by atoms with Crippen LogP contribution in [0.1, 0.15) is 11.1 Å². The predicted molar refractivity (Wildman–Crippen MR) is 78.1 cm³/mol. The van der Waals surface area contributed by atoms with E-state index in [-0.39, 0.29) is 5.69 Å². The van der Waals surface area contributed by atoms with E-state index in [0.29, 0.717) is 12.8 Å². The number of aliphatic carboxylic acids is 1. The summed E-state index contributed by atoms with van der Waals surface area (Å²) in [6.07, 6.45) is 0.787. The Hall–Kier alpha value is -2.69. The minimum Gasteiger partial charge on any atom is -0.481 e. The van der Waals surface area contributed by atoms with Crippen LogP contribution in [0.4, 0.5) is 5.69 Å². The third kappa shape index (κ3) is 4.14. The number of hydrogen-bond acceptors (Lipinski definition) is 3. The van der Waals surface area contributed by atoms with Crippen LogP contribution in [-0.2, 0) is 17.6 Å². The molecule has 5 heteroatoms. The molecule has 0 aromatic heterocycles. The summed E-state index contributed by atoms with van der Waals surface area (Å²) in [7, 11) is 0. The molecule has 1 unspecified atom stereocenters. The molecule has 0 spiro atoms. The molecule has 0 aliphatic carbocycles. The van der Waals surface area contributed by atoms with Gasteiger partial charge in [-0.3, -0.25) is 14.9 Å². The van der Waals surface area contributed by atoms with E-state index in [9.17, 15) is 20.0 Å². The predicted octanol–water partition coefficient (Wildman–Crippen LogP) is 3.08. The Balaban J connectivity index is 2.09. The van der Waals surface area contributed by atoms with Crippen molar-refractivity contribution in [1.29, 1.82) is 0 Å². The van der Waals surface area contributed by atoms with Gasteiger partial charge in [-0.05, 0) is 24.0 Å². The lowest BCUT2D eigenvalue weighted by Gasteiger charge is -2.12. The van der Waals surface area contributed by atoms with Gasteiger partial charge < -0.3 is 5.11 Å². The maximum atomic E-state index is 11.4. The first-order chi connectivity index (χ1) is 10.1. The van der Waals surface area contributed by atoms with Gasteiger partial charge in [0.2, 0.25) is 0 Å². The Morgan fingerprint density at radius 2 is 1.52 bits per heavy atom. The summed E-state index contributed by atoms with van der Waals surface area (Å²) in [5.41, 5.74) is 1.75. The SMILES string of the molecule is O=C(O)C(Cc1ccccc1)Cc1ccc([N+](=O)[O-])cc1. The van der Waals surface area contributed by atoms with Crippen LogP contribution in [0.5, 0.6) is 0 Å². The van der Waals surface area contributed by atoms with E-state index in [1.54, 1.807) is 12.1 Å². The smallest absolute Gasteiger partial charge is 0.307 e. The standard InChI is InChI=1S/C16H15NO4/c18-16(19)14(10-12-4-2-1-3-5-12)11-13-6-8-15(9-7-13)17(20)21/h1-9,14H,10-11H2,(H,18,19). The van der Waals surface area contributed by atoms with Crippen LogP contribution in [0.15, 0.2) is 54.6 Å². The molecule has 0 bridgehead atoms. The van der Waals surface area contributed by atoms with Gasteiger partial charge in [-0.2, -0.15) is 0 Å². The quantitative estimate of drug-likeness (QED) is 0.653. The molecule has 1 atom stereocenters. The van der Waals surface area contributed by atoms with Crippen molar-refractivity contribution in [2.45, 2.75) is 12.8 Å². The maximum Gasteiger partial charge on any atom is 0.307 e. The number of carbonyl (C=O) groups is 1. The van der Waals surface area contributed by atoms with Gasteiger partial charge in [0.1, 0.15) is 0 Å². The lowest BCUT2D eigenvalue weighted by atomic mass is 9.92. The lowest BCUT2D eigenvalue weighted by molar-refractivity contribution is -0.384. The molecule has 2 aromatic rings. The van der Waals surface area contributed by atoms with Crippen LogP contribution >= 0.6 is 0 Å². The molecule has 0 heterocycles. The summed E-state index contributed by atoms with van der Waals surface area (Å²) in [6, 6.07) is 15.4. The summed E-state index contributed by atoms with van der Waals surface area (Å²) in [5.74, 6) is -1.41. The van der Waals surface area contributed by atoms with Crippen molar-refractivity contribution in [2.75, 3.05) is 0 Å². The third-order valence-corrected chi connectivity index (χ3v) is 3.30. The van der Waals surface area contributed by atoms with E-state index in [4.69, 9.17) is 0 Å². The Morgan fingerprint density at radius 1 is 1.00 bits per heavy atom. The topological polar surface area (TPSA) is 80.4 Å². The number of rotatable bonds is 6. The van der Waals surface area contributed by atoms with Gasteiger partial charge in [0.25, 0.3) is 5.69 Å². The minimum absolute atomic E-state index is 0.00804. The summed E-state index contributed by atoms with van der Waals surface area (Å²) in [6.45, 7) is 0. The Bertz CT molecular complexity index is 622. The van der Waals surface area contributed by atoms with Gasteiger partial charge in [0.15, 0.2) is 0 Å². The molecule has 5 nitrogen and oxygen atoms in total. The molecule has 0 fully saturated rings. The van der Waals surface area contributed by atoms with E-state index in [0.717, 1.165) is 11.1 Å². The van der Waals surface area contributed by atoms with Gasteiger partial charge in [-0.15, -0.1) is 0 Å². The second-order valence-electron chi connectivity index (χ2n) is 4.85. The average molecular weight is 285 g/mol. The Labute approximate surface area is 122 Å². The van der Waals surface area contributed by atoms with Crippen molar-refractivity contribution in [3.63, 3.8) is 0 Å². The maximum absolute atomic E-state index is 11.4. The summed E-state index contributed by atoms with van der Waals surface area (Å²) in [5, 5.41) is 19.9. The van der Waals surface area contributed by atoms with Crippen LogP contribution in [0.3, 0.4) is 0 Å². The molecular formula is C16H15NO4. The Morgan fingerprint density at radius 3 is 2.00 bits per heavy atom. The fourth-order valence-corrected chi connectivity index (χ4v) is 2.18. The van der Waals surface area contributed by atoms with Gasteiger partial charge >= 0.3 is 5.97 Å². The highest BCUT2D eigenvalue weighted by atomic mass is 16.6. The molecule has 0 aliphatic rings. The highest BCUT2D eigenvalue weighted by Gasteiger charge is 2.19. The number of nitro groups is 1. The van der Waals surface area contributed by atoms with Crippen molar-refractivity contribution >= 4 is 11.7 Å². The number of non-ortho nitro benzene ring substituents is 1. The first kappa shape index (κ1) is 14.7. The average Bonchev–Trinajstić information content (AvgIpc) is 2.48. The summed E-state index contributed by atoms with van der Waals surface area (Å²) in [4.78, 5) is 21.5. The largest absolute Gasteiger partial charge is 0.481 e. The zero-order valence-corrected chi connectivity index (χ0v) is 11.3. The van der Waals surface area contributed by atoms with E-state index in [1.807, 2.05) is 30.3 Å². The number of benzene rings is 2. The van der Waals surface area contributed by atoms with Crippen molar-refractivity contribution in [1.82, 2.24) is 0 Å². The molecule has 2 aromatic carbocycles. The zero-order chi connectivity index (χ0) is 15.2. The fraction of sp³-hybridized carbons (Fsp3) is 0.188. The van der Waals surface area contributed by atoms with Crippen LogP contribution in [0.2, 0.25) is 0 Å². The molecule has 0 saturated heterocycles. The summed E-state index contributed by atoms with van der Waals surface area (Å²) >= 11 is 0.